The van der Waals surface area contributed by atoms with Crippen LogP contribution in [0.4, 0.5) is 0 Å². The number of hydrogen-bond donors (Lipinski definition) is 0. The Labute approximate surface area is 114 Å². The van der Waals surface area contributed by atoms with Crippen molar-refractivity contribution in [3.8, 4) is 5.75 Å². The van der Waals surface area contributed by atoms with Crippen LogP contribution < -0.4 is 4.74 Å². The summed E-state index contributed by atoms with van der Waals surface area (Å²) in [5, 5.41) is 7.14. The fourth-order valence-electron chi connectivity index (χ4n) is 3.17. The van der Waals surface area contributed by atoms with E-state index in [-0.39, 0.29) is 0 Å². The molecule has 4 nitrogen and oxygen atoms in total. The quantitative estimate of drug-likeness (QED) is 0.759. The van der Waals surface area contributed by atoms with Crippen molar-refractivity contribution in [2.45, 2.75) is 19.0 Å². The first-order valence-corrected chi connectivity index (χ1v) is 6.91. The van der Waals surface area contributed by atoms with Crippen LogP contribution in [-0.4, -0.2) is 55.7 Å². The molecule has 0 radical (unpaired) electrons. The molecule has 19 heavy (non-hydrogen) atoms. The minimum absolute atomic E-state index is 0.557. The highest BCUT2D eigenvalue weighted by Gasteiger charge is 2.41. The number of nitrogens with zero attached hydrogens (tertiary/aromatic N) is 3. The average molecular weight is 260 g/mol. The molecule has 0 spiro atoms. The van der Waals surface area contributed by atoms with E-state index >= 15 is 0 Å². The molecule has 1 aromatic rings. The number of quaternary nitrogens is 1. The van der Waals surface area contributed by atoms with E-state index in [0.29, 0.717) is 6.17 Å². The van der Waals surface area contributed by atoms with Crippen LogP contribution in [0.3, 0.4) is 0 Å². The van der Waals surface area contributed by atoms with Gasteiger partial charge in [0.2, 0.25) is 0 Å². The number of rotatable bonds is 2. The van der Waals surface area contributed by atoms with Gasteiger partial charge in [0.05, 0.1) is 21.2 Å². The fourth-order valence-corrected chi connectivity index (χ4v) is 3.17. The van der Waals surface area contributed by atoms with E-state index < -0.39 is 0 Å². The molecule has 0 N–H and O–H groups in total. The number of ether oxygens (including phenoxy) is 1. The Morgan fingerprint density at radius 1 is 1.26 bits per heavy atom. The molecule has 1 aromatic carbocycles. The fraction of sp³-hybridized carbons (Fsp3) is 0.533. The largest absolute Gasteiger partial charge is 0.497 e. The second-order valence-corrected chi connectivity index (χ2v) is 6.00. The van der Waals surface area contributed by atoms with Gasteiger partial charge in [-0.3, -0.25) is 0 Å². The van der Waals surface area contributed by atoms with Gasteiger partial charge in [-0.05, 0) is 30.7 Å². The van der Waals surface area contributed by atoms with E-state index in [1.807, 2.05) is 12.1 Å². The predicted molar refractivity (Wildman–Crippen MR) is 76.2 cm³/mol. The lowest BCUT2D eigenvalue weighted by Crippen LogP contribution is -2.59. The first kappa shape index (κ1) is 12.5. The van der Waals surface area contributed by atoms with Gasteiger partial charge in [-0.1, -0.05) is 0 Å². The van der Waals surface area contributed by atoms with E-state index in [9.17, 15) is 0 Å². The van der Waals surface area contributed by atoms with Crippen LogP contribution in [0.5, 0.6) is 5.75 Å². The smallest absolute Gasteiger partial charge is 0.179 e. The molecule has 0 bridgehead atoms. The lowest BCUT2D eigenvalue weighted by atomic mass is 10.1. The van der Waals surface area contributed by atoms with Crippen LogP contribution >= 0.6 is 0 Å². The Kier molecular flexibility index (Phi) is 2.97. The highest BCUT2D eigenvalue weighted by atomic mass is 16.5. The van der Waals surface area contributed by atoms with Gasteiger partial charge in [0, 0.05) is 18.5 Å². The third-order valence-corrected chi connectivity index (χ3v) is 4.23. The van der Waals surface area contributed by atoms with Crippen LogP contribution in [0.25, 0.3) is 0 Å². The Morgan fingerprint density at radius 3 is 2.68 bits per heavy atom. The van der Waals surface area contributed by atoms with Crippen molar-refractivity contribution < 1.29 is 9.22 Å². The second-order valence-electron chi connectivity index (χ2n) is 6.00. The second kappa shape index (κ2) is 4.53. The number of hydrogen-bond acceptors (Lipinski definition) is 3. The Balaban J connectivity index is 1.91. The van der Waals surface area contributed by atoms with Gasteiger partial charge in [-0.2, -0.15) is 5.10 Å². The maximum atomic E-state index is 5.21. The van der Waals surface area contributed by atoms with E-state index in [2.05, 4.69) is 31.2 Å². The van der Waals surface area contributed by atoms with Crippen LogP contribution in [0.2, 0.25) is 0 Å². The molecule has 1 fully saturated rings. The van der Waals surface area contributed by atoms with Gasteiger partial charge in [0.1, 0.15) is 18.0 Å². The van der Waals surface area contributed by atoms with Gasteiger partial charge in [-0.25, -0.2) is 5.01 Å². The van der Waals surface area contributed by atoms with Crippen molar-refractivity contribution in [3.63, 3.8) is 0 Å². The number of benzene rings is 1. The topological polar surface area (TPSA) is 24.8 Å². The zero-order chi connectivity index (χ0) is 13.5. The molecule has 0 saturated carbocycles. The van der Waals surface area contributed by atoms with Crippen LogP contribution in [0.1, 0.15) is 18.4 Å². The standard InChI is InChI=1S/C15H22N3O/c1-18(2)11-14(16-17-10-4-5-15(17)18)12-6-8-13(19-3)9-7-12/h6-9,15H,4-5,10-11H2,1-3H3/q+1. The highest BCUT2D eigenvalue weighted by Crippen LogP contribution is 2.29. The van der Waals surface area contributed by atoms with E-state index in [1.165, 1.54) is 24.1 Å². The lowest BCUT2D eigenvalue weighted by Gasteiger charge is -2.43. The lowest BCUT2D eigenvalue weighted by molar-refractivity contribution is -0.919. The average Bonchev–Trinajstić information content (AvgIpc) is 2.87. The van der Waals surface area contributed by atoms with E-state index in [1.54, 1.807) is 7.11 Å². The molecule has 1 saturated heterocycles. The molecule has 2 aliphatic rings. The molecule has 3 rings (SSSR count). The van der Waals surface area contributed by atoms with Crippen molar-refractivity contribution in [2.24, 2.45) is 5.10 Å². The molecule has 0 aliphatic carbocycles. The first-order valence-electron chi connectivity index (χ1n) is 6.91. The highest BCUT2D eigenvalue weighted by molar-refractivity contribution is 6.01. The minimum Gasteiger partial charge on any atom is -0.497 e. The number of hydrazone groups is 1. The zero-order valence-electron chi connectivity index (χ0n) is 12.0. The molecule has 2 aliphatic heterocycles. The molecular formula is C15H22N3O+. The van der Waals surface area contributed by atoms with Crippen molar-refractivity contribution in [2.75, 3.05) is 34.3 Å². The Bertz CT molecular complexity index is 493. The number of methoxy groups -OCH3 is 1. The van der Waals surface area contributed by atoms with Crippen molar-refractivity contribution in [1.82, 2.24) is 5.01 Å². The monoisotopic (exact) mass is 260 g/mol. The van der Waals surface area contributed by atoms with Crippen molar-refractivity contribution in [1.29, 1.82) is 0 Å². The van der Waals surface area contributed by atoms with Gasteiger partial charge in [0.15, 0.2) is 6.17 Å². The summed E-state index contributed by atoms with van der Waals surface area (Å²) in [7, 11) is 6.31. The molecule has 102 valence electrons. The predicted octanol–water partition coefficient (Wildman–Crippen LogP) is 1.91. The van der Waals surface area contributed by atoms with E-state index in [4.69, 9.17) is 9.84 Å². The summed E-state index contributed by atoms with van der Waals surface area (Å²) in [5.41, 5.74) is 2.39. The van der Waals surface area contributed by atoms with E-state index in [0.717, 1.165) is 23.3 Å². The SMILES string of the molecule is COc1ccc(C2=NN3CCCC3[N+](C)(C)C2)cc1. The third-order valence-electron chi connectivity index (χ3n) is 4.23. The maximum Gasteiger partial charge on any atom is 0.179 e. The summed E-state index contributed by atoms with van der Waals surface area (Å²) >= 11 is 0. The summed E-state index contributed by atoms with van der Waals surface area (Å²) < 4.78 is 6.22. The molecule has 1 unspecified atom stereocenters. The van der Waals surface area contributed by atoms with Crippen LogP contribution in [0, 0.1) is 0 Å². The maximum absolute atomic E-state index is 5.21. The van der Waals surface area contributed by atoms with Gasteiger partial charge >= 0.3 is 0 Å². The summed E-state index contributed by atoms with van der Waals surface area (Å²) in [6.07, 6.45) is 3.07. The summed E-state index contributed by atoms with van der Waals surface area (Å²) in [5.74, 6) is 0.896. The first-order chi connectivity index (χ1) is 9.10. The molecule has 0 aromatic heterocycles. The molecule has 4 heteroatoms. The molecule has 2 heterocycles. The van der Waals surface area contributed by atoms with Crippen LogP contribution in [0.15, 0.2) is 29.4 Å². The van der Waals surface area contributed by atoms with Crippen molar-refractivity contribution >= 4 is 5.71 Å². The van der Waals surface area contributed by atoms with Gasteiger partial charge in [0.25, 0.3) is 0 Å². The Morgan fingerprint density at radius 2 is 2.00 bits per heavy atom. The van der Waals surface area contributed by atoms with Gasteiger partial charge < -0.3 is 9.22 Å². The third kappa shape index (κ3) is 2.21. The summed E-state index contributed by atoms with van der Waals surface area (Å²) in [6.45, 7) is 2.08. The molecular weight excluding hydrogens is 238 g/mol. The van der Waals surface area contributed by atoms with Gasteiger partial charge in [-0.15, -0.1) is 0 Å². The zero-order valence-corrected chi connectivity index (χ0v) is 12.0. The van der Waals surface area contributed by atoms with Crippen molar-refractivity contribution in [3.05, 3.63) is 29.8 Å². The normalized spacial score (nSPS) is 24.9. The Hall–Kier alpha value is -1.55. The number of fused-ring (bicyclic) bond motifs is 1. The molecule has 1 atom stereocenters. The minimum atomic E-state index is 0.557. The van der Waals surface area contributed by atoms with Crippen LogP contribution in [-0.2, 0) is 0 Å². The summed E-state index contributed by atoms with van der Waals surface area (Å²) in [6, 6.07) is 8.23. The molecule has 0 amide bonds. The number of likely N-dealkylation sites (N-methyl/N-ethyl adjacent to an activating group) is 1. The summed E-state index contributed by atoms with van der Waals surface area (Å²) in [4.78, 5) is 0.